The molecule has 19 heavy (non-hydrogen) atoms. The second kappa shape index (κ2) is 6.17. The number of amides is 1. The second-order valence-corrected chi connectivity index (χ2v) is 4.74. The van der Waals surface area contributed by atoms with E-state index in [0.29, 0.717) is 0 Å². The number of nitrogens with one attached hydrogen (secondary N) is 1. The lowest BCUT2D eigenvalue weighted by molar-refractivity contribution is -0.122. The first kappa shape index (κ1) is 14.9. The first-order valence-electron chi connectivity index (χ1n) is 6.05. The number of carbonyl (C=O) groups is 2. The van der Waals surface area contributed by atoms with E-state index in [1.54, 1.807) is 0 Å². The molecule has 6 heteroatoms. The summed E-state index contributed by atoms with van der Waals surface area (Å²) in [6.45, 7) is 5.48. The van der Waals surface area contributed by atoms with Crippen LogP contribution in [0.3, 0.4) is 0 Å². The van der Waals surface area contributed by atoms with Crippen LogP contribution >= 0.6 is 0 Å². The highest BCUT2D eigenvalue weighted by atomic mass is 16.4. The van der Waals surface area contributed by atoms with E-state index in [0.717, 1.165) is 4.57 Å². The molecule has 0 saturated heterocycles. The molecule has 6 nitrogen and oxygen atoms in total. The molecule has 0 aliphatic rings. The Hall–Kier alpha value is -2.11. The minimum Gasteiger partial charge on any atom is -0.477 e. The third kappa shape index (κ3) is 3.94. The van der Waals surface area contributed by atoms with E-state index < -0.39 is 11.5 Å². The fourth-order valence-corrected chi connectivity index (χ4v) is 1.48. The van der Waals surface area contributed by atoms with Gasteiger partial charge in [-0.2, -0.15) is 0 Å². The van der Waals surface area contributed by atoms with Crippen molar-refractivity contribution >= 4 is 11.9 Å². The van der Waals surface area contributed by atoms with Crippen molar-refractivity contribution in [2.24, 2.45) is 5.92 Å². The molecule has 1 aromatic rings. The highest BCUT2D eigenvalue weighted by Crippen LogP contribution is 2.01. The SMILES string of the molecule is CC(C)C(C)NC(=O)Cn1c(C(=O)O)cccc1=O. The van der Waals surface area contributed by atoms with Gasteiger partial charge in [-0.1, -0.05) is 19.9 Å². The predicted octanol–water partition coefficient (Wildman–Crippen LogP) is 0.707. The number of rotatable bonds is 5. The van der Waals surface area contributed by atoms with Crippen LogP contribution < -0.4 is 10.9 Å². The highest BCUT2D eigenvalue weighted by Gasteiger charge is 2.15. The number of hydrogen-bond acceptors (Lipinski definition) is 3. The zero-order valence-electron chi connectivity index (χ0n) is 11.2. The number of hydrogen-bond donors (Lipinski definition) is 2. The molecular formula is C13H18N2O4. The Bertz CT molecular complexity index is 534. The Labute approximate surface area is 111 Å². The molecule has 1 aromatic heterocycles. The number of carboxylic acid groups (broad SMARTS) is 1. The van der Waals surface area contributed by atoms with Crippen molar-refractivity contribution in [2.45, 2.75) is 33.4 Å². The summed E-state index contributed by atoms with van der Waals surface area (Å²) in [4.78, 5) is 34.4. The van der Waals surface area contributed by atoms with Crippen molar-refractivity contribution in [3.8, 4) is 0 Å². The van der Waals surface area contributed by atoms with Gasteiger partial charge in [0.2, 0.25) is 5.91 Å². The van der Waals surface area contributed by atoms with Gasteiger partial charge in [0, 0.05) is 12.1 Å². The van der Waals surface area contributed by atoms with Crippen LogP contribution in [0.5, 0.6) is 0 Å². The molecule has 0 aromatic carbocycles. The molecule has 104 valence electrons. The first-order chi connectivity index (χ1) is 8.82. The normalized spacial score (nSPS) is 12.2. The van der Waals surface area contributed by atoms with Gasteiger partial charge in [0.15, 0.2) is 0 Å². The Kier molecular flexibility index (Phi) is 4.86. The molecule has 0 bridgehead atoms. The van der Waals surface area contributed by atoms with E-state index in [2.05, 4.69) is 5.32 Å². The summed E-state index contributed by atoms with van der Waals surface area (Å²) in [6.07, 6.45) is 0. The summed E-state index contributed by atoms with van der Waals surface area (Å²) in [5, 5.41) is 11.7. The van der Waals surface area contributed by atoms with Gasteiger partial charge in [-0.15, -0.1) is 0 Å². The molecule has 0 spiro atoms. The number of carbonyl (C=O) groups excluding carboxylic acids is 1. The van der Waals surface area contributed by atoms with Gasteiger partial charge in [0.25, 0.3) is 5.56 Å². The lowest BCUT2D eigenvalue weighted by Gasteiger charge is -2.18. The van der Waals surface area contributed by atoms with Crippen molar-refractivity contribution in [1.29, 1.82) is 0 Å². The molecule has 0 saturated carbocycles. The van der Waals surface area contributed by atoms with Crippen LogP contribution in [0.25, 0.3) is 0 Å². The van der Waals surface area contributed by atoms with Crippen LogP contribution in [0.4, 0.5) is 0 Å². The number of aromatic carboxylic acids is 1. The molecule has 0 radical (unpaired) electrons. The topological polar surface area (TPSA) is 88.4 Å². The molecule has 1 heterocycles. The standard InChI is InChI=1S/C13H18N2O4/c1-8(2)9(3)14-11(16)7-15-10(13(18)19)5-4-6-12(15)17/h4-6,8-9H,7H2,1-3H3,(H,14,16)(H,18,19). The zero-order chi connectivity index (χ0) is 14.6. The Morgan fingerprint density at radius 2 is 1.95 bits per heavy atom. The highest BCUT2D eigenvalue weighted by molar-refractivity contribution is 5.86. The van der Waals surface area contributed by atoms with Crippen molar-refractivity contribution in [3.63, 3.8) is 0 Å². The fraction of sp³-hybridized carbons (Fsp3) is 0.462. The van der Waals surface area contributed by atoms with E-state index in [9.17, 15) is 14.4 Å². The van der Waals surface area contributed by atoms with Gasteiger partial charge in [0.05, 0.1) is 0 Å². The summed E-state index contributed by atoms with van der Waals surface area (Å²) in [7, 11) is 0. The van der Waals surface area contributed by atoms with Crippen LogP contribution in [-0.4, -0.2) is 27.6 Å². The number of nitrogens with zero attached hydrogens (tertiary/aromatic N) is 1. The van der Waals surface area contributed by atoms with E-state index >= 15 is 0 Å². The minimum atomic E-state index is -1.23. The minimum absolute atomic E-state index is 0.0415. The summed E-state index contributed by atoms with van der Waals surface area (Å²) in [5.41, 5.74) is -0.702. The molecule has 1 rings (SSSR count). The largest absolute Gasteiger partial charge is 0.477 e. The number of aromatic nitrogens is 1. The van der Waals surface area contributed by atoms with Gasteiger partial charge in [0.1, 0.15) is 12.2 Å². The fourth-order valence-electron chi connectivity index (χ4n) is 1.48. The van der Waals surface area contributed by atoms with Crippen molar-refractivity contribution < 1.29 is 14.7 Å². The molecule has 0 aliphatic heterocycles. The van der Waals surface area contributed by atoms with Crippen LogP contribution in [0.1, 0.15) is 31.3 Å². The lowest BCUT2D eigenvalue weighted by Crippen LogP contribution is -2.40. The quantitative estimate of drug-likeness (QED) is 0.821. The number of pyridine rings is 1. The maximum absolute atomic E-state index is 11.8. The van der Waals surface area contributed by atoms with Gasteiger partial charge in [-0.3, -0.25) is 14.2 Å². The summed E-state index contributed by atoms with van der Waals surface area (Å²) in [5.74, 6) is -1.35. The third-order valence-electron chi connectivity index (χ3n) is 2.96. The molecule has 1 unspecified atom stereocenters. The van der Waals surface area contributed by atoms with Gasteiger partial charge < -0.3 is 10.4 Å². The molecular weight excluding hydrogens is 248 g/mol. The third-order valence-corrected chi connectivity index (χ3v) is 2.96. The molecule has 1 amide bonds. The van der Waals surface area contributed by atoms with Gasteiger partial charge in [-0.05, 0) is 18.9 Å². The second-order valence-electron chi connectivity index (χ2n) is 4.74. The maximum atomic E-state index is 11.8. The first-order valence-corrected chi connectivity index (χ1v) is 6.05. The van der Waals surface area contributed by atoms with Gasteiger partial charge >= 0.3 is 5.97 Å². The molecule has 1 atom stereocenters. The van der Waals surface area contributed by atoms with Crippen molar-refractivity contribution in [2.75, 3.05) is 0 Å². The number of carboxylic acids is 1. The van der Waals surface area contributed by atoms with Gasteiger partial charge in [-0.25, -0.2) is 4.79 Å². The maximum Gasteiger partial charge on any atom is 0.352 e. The van der Waals surface area contributed by atoms with E-state index in [4.69, 9.17) is 5.11 Å². The summed E-state index contributed by atoms with van der Waals surface area (Å²) < 4.78 is 0.949. The van der Waals surface area contributed by atoms with Crippen molar-refractivity contribution in [3.05, 3.63) is 34.2 Å². The summed E-state index contributed by atoms with van der Waals surface area (Å²) in [6, 6.07) is 3.84. The Morgan fingerprint density at radius 1 is 1.32 bits per heavy atom. The average Bonchev–Trinajstić information content (AvgIpc) is 2.31. The van der Waals surface area contributed by atoms with E-state index in [-0.39, 0.29) is 30.1 Å². The molecule has 0 aliphatic carbocycles. The van der Waals surface area contributed by atoms with Crippen LogP contribution in [0, 0.1) is 5.92 Å². The van der Waals surface area contributed by atoms with Crippen LogP contribution in [0.2, 0.25) is 0 Å². The monoisotopic (exact) mass is 266 g/mol. The lowest BCUT2D eigenvalue weighted by atomic mass is 10.1. The smallest absolute Gasteiger partial charge is 0.352 e. The van der Waals surface area contributed by atoms with Crippen LogP contribution in [-0.2, 0) is 11.3 Å². The summed E-state index contributed by atoms with van der Waals surface area (Å²) >= 11 is 0. The van der Waals surface area contributed by atoms with E-state index in [1.807, 2.05) is 20.8 Å². The molecule has 2 N–H and O–H groups in total. The predicted molar refractivity (Wildman–Crippen MR) is 70.1 cm³/mol. The molecule has 0 fully saturated rings. The average molecular weight is 266 g/mol. The van der Waals surface area contributed by atoms with E-state index in [1.165, 1.54) is 18.2 Å². The Morgan fingerprint density at radius 3 is 2.47 bits per heavy atom. The van der Waals surface area contributed by atoms with Crippen LogP contribution in [0.15, 0.2) is 23.0 Å². The van der Waals surface area contributed by atoms with Crippen molar-refractivity contribution in [1.82, 2.24) is 9.88 Å². The Balaban J connectivity index is 2.91. The zero-order valence-corrected chi connectivity index (χ0v) is 11.2.